The summed E-state index contributed by atoms with van der Waals surface area (Å²) in [6, 6.07) is 1.87. The van der Waals surface area contributed by atoms with Gasteiger partial charge in [0.05, 0.1) is 9.90 Å². The molecule has 0 radical (unpaired) electrons. The van der Waals surface area contributed by atoms with E-state index in [9.17, 15) is 0 Å². The maximum absolute atomic E-state index is 5.98. The Labute approximate surface area is 99.5 Å². The lowest BCUT2D eigenvalue weighted by Gasteiger charge is -1.88. The molecule has 0 aromatic carbocycles. The number of aromatic nitrogens is 2. The molecule has 2 heterocycles. The van der Waals surface area contributed by atoms with Gasteiger partial charge in [-0.25, -0.2) is 0 Å². The zero-order chi connectivity index (χ0) is 9.97. The topological polar surface area (TPSA) is 25.8 Å². The number of rotatable bonds is 3. The third kappa shape index (κ3) is 2.08. The van der Waals surface area contributed by atoms with Gasteiger partial charge in [0.25, 0.3) is 0 Å². The Morgan fingerprint density at radius 3 is 2.86 bits per heavy atom. The van der Waals surface area contributed by atoms with Crippen LogP contribution in [0, 0.1) is 0 Å². The first-order chi connectivity index (χ1) is 6.81. The van der Waals surface area contributed by atoms with Gasteiger partial charge in [-0.2, -0.15) is 0 Å². The fourth-order valence-electron chi connectivity index (χ4n) is 0.974. The van der Waals surface area contributed by atoms with Crippen molar-refractivity contribution in [2.75, 3.05) is 5.88 Å². The molecule has 2 nitrogen and oxygen atoms in total. The van der Waals surface area contributed by atoms with E-state index in [0.717, 1.165) is 26.3 Å². The molecule has 0 saturated carbocycles. The second kappa shape index (κ2) is 4.57. The van der Waals surface area contributed by atoms with Gasteiger partial charge in [-0.3, -0.25) is 0 Å². The Morgan fingerprint density at radius 1 is 1.36 bits per heavy atom. The number of hydrogen-bond donors (Lipinski definition) is 0. The number of nitrogens with zero attached hydrogens (tertiary/aromatic N) is 2. The van der Waals surface area contributed by atoms with E-state index in [0.29, 0.717) is 5.88 Å². The van der Waals surface area contributed by atoms with Crippen molar-refractivity contribution in [2.24, 2.45) is 0 Å². The van der Waals surface area contributed by atoms with Crippen molar-refractivity contribution in [1.29, 1.82) is 0 Å². The summed E-state index contributed by atoms with van der Waals surface area (Å²) in [4.78, 5) is 0.991. The van der Waals surface area contributed by atoms with Gasteiger partial charge in [-0.1, -0.05) is 22.9 Å². The Morgan fingerprint density at radius 2 is 2.21 bits per heavy atom. The highest BCUT2D eigenvalue weighted by Crippen LogP contribution is 2.34. The Hall–Kier alpha value is -0.160. The van der Waals surface area contributed by atoms with Crippen LogP contribution in [0.2, 0.25) is 5.02 Å². The standard InChI is InChI=1S/C8H6Cl2N2S2/c9-3-1-6-11-12-8(14-6)7-5(10)2-4-13-7/h2,4H,1,3H2. The number of thiophene rings is 1. The van der Waals surface area contributed by atoms with Gasteiger partial charge >= 0.3 is 0 Å². The molecule has 6 heteroatoms. The average molecular weight is 265 g/mol. The van der Waals surface area contributed by atoms with E-state index in [2.05, 4.69) is 10.2 Å². The summed E-state index contributed by atoms with van der Waals surface area (Å²) in [6.07, 6.45) is 0.766. The molecular formula is C8H6Cl2N2S2. The van der Waals surface area contributed by atoms with E-state index in [1.54, 1.807) is 22.7 Å². The number of alkyl halides is 1. The quantitative estimate of drug-likeness (QED) is 0.791. The fourth-order valence-corrected chi connectivity index (χ4v) is 3.41. The number of hydrogen-bond acceptors (Lipinski definition) is 4. The minimum Gasteiger partial charge on any atom is -0.143 e. The summed E-state index contributed by atoms with van der Waals surface area (Å²) in [5, 5.41) is 12.6. The molecule has 2 rings (SSSR count). The monoisotopic (exact) mass is 264 g/mol. The van der Waals surface area contributed by atoms with Gasteiger partial charge in [0.1, 0.15) is 5.01 Å². The highest BCUT2D eigenvalue weighted by atomic mass is 35.5. The normalized spacial score (nSPS) is 10.7. The lowest BCUT2D eigenvalue weighted by atomic mass is 10.5. The first kappa shape index (κ1) is 10.4. The van der Waals surface area contributed by atoms with Crippen molar-refractivity contribution in [3.63, 3.8) is 0 Å². The lowest BCUT2D eigenvalue weighted by Crippen LogP contribution is -1.82. The van der Waals surface area contributed by atoms with Crippen LogP contribution in [0.15, 0.2) is 11.4 Å². The zero-order valence-electron chi connectivity index (χ0n) is 7.04. The minimum absolute atomic E-state index is 0.576. The Bertz CT molecular complexity index is 424. The summed E-state index contributed by atoms with van der Waals surface area (Å²) in [5.41, 5.74) is 0. The smallest absolute Gasteiger partial charge is 0.143 e. The third-order valence-electron chi connectivity index (χ3n) is 1.59. The average Bonchev–Trinajstić information content (AvgIpc) is 2.74. The molecule has 0 atom stereocenters. The van der Waals surface area contributed by atoms with Gasteiger partial charge < -0.3 is 0 Å². The van der Waals surface area contributed by atoms with E-state index in [4.69, 9.17) is 23.2 Å². The molecule has 74 valence electrons. The molecule has 0 unspecified atom stereocenters. The largest absolute Gasteiger partial charge is 0.159 e. The molecule has 0 aliphatic heterocycles. The Kier molecular flexibility index (Phi) is 3.38. The van der Waals surface area contributed by atoms with Gasteiger partial charge in [-0.05, 0) is 11.4 Å². The van der Waals surface area contributed by atoms with Crippen LogP contribution in [-0.4, -0.2) is 16.1 Å². The van der Waals surface area contributed by atoms with Gasteiger partial charge in [-0.15, -0.1) is 33.1 Å². The van der Waals surface area contributed by atoms with Crippen molar-refractivity contribution < 1.29 is 0 Å². The van der Waals surface area contributed by atoms with Crippen molar-refractivity contribution in [1.82, 2.24) is 10.2 Å². The van der Waals surface area contributed by atoms with Gasteiger partial charge in [0.2, 0.25) is 0 Å². The maximum atomic E-state index is 5.98. The third-order valence-corrected chi connectivity index (χ3v) is 4.25. The number of halogens is 2. The molecule has 0 saturated heterocycles. The van der Waals surface area contributed by atoms with Crippen LogP contribution >= 0.6 is 45.9 Å². The molecule has 2 aromatic heterocycles. The van der Waals surface area contributed by atoms with E-state index in [1.165, 1.54) is 0 Å². The number of aryl methyl sites for hydroxylation is 1. The fraction of sp³-hybridized carbons (Fsp3) is 0.250. The maximum Gasteiger partial charge on any atom is 0.159 e. The SMILES string of the molecule is ClCCc1nnc(-c2sccc2Cl)s1. The van der Waals surface area contributed by atoms with Crippen molar-refractivity contribution in [3.05, 3.63) is 21.5 Å². The predicted molar refractivity (Wildman–Crippen MR) is 62.7 cm³/mol. The van der Waals surface area contributed by atoms with Crippen molar-refractivity contribution >= 4 is 45.9 Å². The van der Waals surface area contributed by atoms with Crippen molar-refractivity contribution in [2.45, 2.75) is 6.42 Å². The molecule has 0 amide bonds. The lowest BCUT2D eigenvalue weighted by molar-refractivity contribution is 0.991. The van der Waals surface area contributed by atoms with Crippen LogP contribution in [0.3, 0.4) is 0 Å². The summed E-state index contributed by atoms with van der Waals surface area (Å²) >= 11 is 14.7. The Balaban J connectivity index is 2.29. The summed E-state index contributed by atoms with van der Waals surface area (Å²) < 4.78 is 0. The van der Waals surface area contributed by atoms with Crippen LogP contribution in [-0.2, 0) is 6.42 Å². The molecule has 0 aliphatic carbocycles. The first-order valence-electron chi connectivity index (χ1n) is 3.93. The van der Waals surface area contributed by atoms with Crippen molar-refractivity contribution in [3.8, 4) is 9.88 Å². The van der Waals surface area contributed by atoms with Gasteiger partial charge in [0.15, 0.2) is 5.01 Å². The summed E-state index contributed by atoms with van der Waals surface area (Å²) in [6.45, 7) is 0. The van der Waals surface area contributed by atoms with Crippen LogP contribution in [0.25, 0.3) is 9.88 Å². The molecule has 2 aromatic rings. The molecule has 0 bridgehead atoms. The molecule has 14 heavy (non-hydrogen) atoms. The van der Waals surface area contributed by atoms with Crippen LogP contribution in [0.1, 0.15) is 5.01 Å². The van der Waals surface area contributed by atoms with Crippen LogP contribution in [0.4, 0.5) is 0 Å². The molecular weight excluding hydrogens is 259 g/mol. The van der Waals surface area contributed by atoms with Crippen LogP contribution < -0.4 is 0 Å². The van der Waals surface area contributed by atoms with E-state index < -0.39 is 0 Å². The van der Waals surface area contributed by atoms with Crippen LogP contribution in [0.5, 0.6) is 0 Å². The van der Waals surface area contributed by atoms with E-state index in [-0.39, 0.29) is 0 Å². The molecule has 0 fully saturated rings. The second-order valence-corrected chi connectivity index (χ2v) is 5.30. The molecule has 0 aliphatic rings. The predicted octanol–water partition coefficient (Wildman–Crippen LogP) is 3.70. The van der Waals surface area contributed by atoms with Gasteiger partial charge in [0, 0.05) is 12.3 Å². The molecule has 0 N–H and O–H groups in total. The summed E-state index contributed by atoms with van der Waals surface area (Å²) in [5.74, 6) is 0.576. The zero-order valence-corrected chi connectivity index (χ0v) is 10.2. The highest BCUT2D eigenvalue weighted by Gasteiger charge is 2.10. The molecule has 0 spiro atoms. The van der Waals surface area contributed by atoms with E-state index >= 15 is 0 Å². The summed E-state index contributed by atoms with van der Waals surface area (Å²) in [7, 11) is 0. The second-order valence-electron chi connectivity index (χ2n) is 2.54. The minimum atomic E-state index is 0.576. The highest BCUT2D eigenvalue weighted by molar-refractivity contribution is 7.21. The first-order valence-corrected chi connectivity index (χ1v) is 6.54. The van der Waals surface area contributed by atoms with E-state index in [1.807, 2.05) is 11.4 Å².